The van der Waals surface area contributed by atoms with Gasteiger partial charge in [-0.1, -0.05) is 6.07 Å². The van der Waals surface area contributed by atoms with Gasteiger partial charge in [-0.2, -0.15) is 0 Å². The van der Waals surface area contributed by atoms with E-state index in [-0.39, 0.29) is 0 Å². The Morgan fingerprint density at radius 1 is 1.60 bits per heavy atom. The molecule has 0 radical (unpaired) electrons. The first-order valence-corrected chi connectivity index (χ1v) is 5.94. The fraction of sp³-hybridized carbons (Fsp3) is 0.400. The van der Waals surface area contributed by atoms with E-state index in [2.05, 4.69) is 38.1 Å². The number of nitrogens with one attached hydrogen (secondary N) is 1. The van der Waals surface area contributed by atoms with Gasteiger partial charge in [-0.15, -0.1) is 0 Å². The largest absolute Gasteiger partial charge is 0.366 e. The topological polar surface area (TPSA) is 28.2 Å². The minimum absolute atomic E-state index is 0.764. The predicted molar refractivity (Wildman–Crippen MR) is 69.7 cm³/mol. The number of hydrogen-bond acceptors (Lipinski definition) is 2. The Hall–Kier alpha value is -0.680. The molecule has 0 saturated heterocycles. The van der Waals surface area contributed by atoms with E-state index in [9.17, 15) is 0 Å². The highest BCUT2D eigenvalue weighted by atomic mass is 79.9. The summed E-state index contributed by atoms with van der Waals surface area (Å²) in [6, 6.07) is 3.98. The van der Waals surface area contributed by atoms with Gasteiger partial charge in [0, 0.05) is 26.3 Å². The molecule has 0 atom stereocenters. The van der Waals surface area contributed by atoms with E-state index in [4.69, 9.17) is 12.2 Å². The van der Waals surface area contributed by atoms with Crippen LogP contribution < -0.4 is 5.32 Å². The van der Waals surface area contributed by atoms with Crippen molar-refractivity contribution < 1.29 is 0 Å². The van der Waals surface area contributed by atoms with Crippen LogP contribution in [0.2, 0.25) is 0 Å². The minimum atomic E-state index is 0.764. The maximum absolute atomic E-state index is 5.19. The number of thiocarbonyl (C=S) groups is 1. The lowest BCUT2D eigenvalue weighted by molar-refractivity contribution is 0.430. The van der Waals surface area contributed by atoms with Crippen molar-refractivity contribution in [1.29, 1.82) is 0 Å². The van der Waals surface area contributed by atoms with Crippen LogP contribution in [0.3, 0.4) is 0 Å². The Morgan fingerprint density at radius 3 is 2.80 bits per heavy atom. The van der Waals surface area contributed by atoms with Crippen molar-refractivity contribution in [3.8, 4) is 0 Å². The summed E-state index contributed by atoms with van der Waals surface area (Å²) in [6.45, 7) is 3.75. The Balaban J connectivity index is 2.66. The standard InChI is InChI=1S/C10H14BrN3S/c1-3-14(10(15)12-2)7-8-4-5-9(11)13-6-8/h4-6H,3,7H2,1-2H3,(H,12,15). The summed E-state index contributed by atoms with van der Waals surface area (Å²) in [5.41, 5.74) is 1.15. The zero-order chi connectivity index (χ0) is 11.3. The van der Waals surface area contributed by atoms with Gasteiger partial charge in [0.25, 0.3) is 0 Å². The van der Waals surface area contributed by atoms with Crippen LogP contribution in [0.5, 0.6) is 0 Å². The molecule has 0 amide bonds. The second-order valence-corrected chi connectivity index (χ2v) is 4.26. The van der Waals surface area contributed by atoms with Crippen LogP contribution in [0.25, 0.3) is 0 Å². The molecule has 0 aliphatic heterocycles. The summed E-state index contributed by atoms with van der Waals surface area (Å²) in [7, 11) is 1.84. The molecule has 0 saturated carbocycles. The molecular weight excluding hydrogens is 274 g/mol. The SMILES string of the molecule is CCN(Cc1ccc(Br)nc1)C(=S)NC. The molecule has 82 valence electrons. The summed E-state index contributed by atoms with van der Waals surface area (Å²) >= 11 is 8.49. The fourth-order valence-electron chi connectivity index (χ4n) is 1.21. The van der Waals surface area contributed by atoms with Crippen LogP contribution in [0.1, 0.15) is 12.5 Å². The molecule has 1 aromatic heterocycles. The molecule has 0 unspecified atom stereocenters. The highest BCUT2D eigenvalue weighted by Crippen LogP contribution is 2.08. The summed E-state index contributed by atoms with van der Waals surface area (Å²) in [6.07, 6.45) is 1.85. The highest BCUT2D eigenvalue weighted by molar-refractivity contribution is 9.10. The molecule has 1 heterocycles. The molecule has 5 heteroatoms. The lowest BCUT2D eigenvalue weighted by atomic mass is 10.3. The molecule has 0 fully saturated rings. The lowest BCUT2D eigenvalue weighted by Gasteiger charge is -2.22. The molecule has 1 rings (SSSR count). The molecule has 0 spiro atoms. The van der Waals surface area contributed by atoms with Crippen LogP contribution in [0, 0.1) is 0 Å². The number of aromatic nitrogens is 1. The first kappa shape index (κ1) is 12.4. The maximum atomic E-state index is 5.19. The van der Waals surface area contributed by atoms with Crippen molar-refractivity contribution in [3.63, 3.8) is 0 Å². The highest BCUT2D eigenvalue weighted by Gasteiger charge is 2.06. The van der Waals surface area contributed by atoms with Gasteiger partial charge in [0.2, 0.25) is 0 Å². The quantitative estimate of drug-likeness (QED) is 0.681. The number of hydrogen-bond donors (Lipinski definition) is 1. The van der Waals surface area contributed by atoms with Gasteiger partial charge < -0.3 is 10.2 Å². The Labute approximate surface area is 104 Å². The maximum Gasteiger partial charge on any atom is 0.168 e. The minimum Gasteiger partial charge on any atom is -0.366 e. The van der Waals surface area contributed by atoms with Crippen molar-refractivity contribution in [1.82, 2.24) is 15.2 Å². The zero-order valence-electron chi connectivity index (χ0n) is 8.83. The Kier molecular flexibility index (Phi) is 4.98. The number of pyridine rings is 1. The molecule has 0 aliphatic rings. The van der Waals surface area contributed by atoms with E-state index in [0.29, 0.717) is 0 Å². The third kappa shape index (κ3) is 3.76. The first-order valence-electron chi connectivity index (χ1n) is 4.74. The third-order valence-electron chi connectivity index (χ3n) is 2.04. The summed E-state index contributed by atoms with van der Waals surface area (Å²) < 4.78 is 0.852. The van der Waals surface area contributed by atoms with Gasteiger partial charge in [0.1, 0.15) is 4.60 Å². The molecular formula is C10H14BrN3S. The van der Waals surface area contributed by atoms with Crippen LogP contribution in [-0.2, 0) is 6.54 Å². The first-order chi connectivity index (χ1) is 7.17. The fourth-order valence-corrected chi connectivity index (χ4v) is 1.63. The Bertz CT molecular complexity index is 326. The second kappa shape index (κ2) is 6.02. The summed E-state index contributed by atoms with van der Waals surface area (Å²) in [5, 5.41) is 3.74. The molecule has 0 aliphatic carbocycles. The van der Waals surface area contributed by atoms with Crippen LogP contribution in [-0.4, -0.2) is 28.6 Å². The van der Waals surface area contributed by atoms with Crippen LogP contribution in [0.15, 0.2) is 22.9 Å². The van der Waals surface area contributed by atoms with Crippen molar-refractivity contribution in [2.75, 3.05) is 13.6 Å². The average Bonchev–Trinajstić information content (AvgIpc) is 2.27. The average molecular weight is 288 g/mol. The molecule has 1 aromatic rings. The third-order valence-corrected chi connectivity index (χ3v) is 2.98. The number of nitrogens with zero attached hydrogens (tertiary/aromatic N) is 2. The van der Waals surface area contributed by atoms with Gasteiger partial charge in [-0.25, -0.2) is 4.98 Å². The molecule has 0 bridgehead atoms. The summed E-state index contributed by atoms with van der Waals surface area (Å²) in [5.74, 6) is 0. The van der Waals surface area contributed by atoms with E-state index < -0.39 is 0 Å². The van der Waals surface area contributed by atoms with Crippen molar-refractivity contribution in [2.24, 2.45) is 0 Å². The van der Waals surface area contributed by atoms with Crippen LogP contribution >= 0.6 is 28.1 Å². The molecule has 1 N–H and O–H groups in total. The number of halogens is 1. The lowest BCUT2D eigenvalue weighted by Crippen LogP contribution is -2.37. The Morgan fingerprint density at radius 2 is 2.33 bits per heavy atom. The van der Waals surface area contributed by atoms with Crippen molar-refractivity contribution >= 4 is 33.3 Å². The number of rotatable bonds is 3. The molecule has 3 nitrogen and oxygen atoms in total. The van der Waals surface area contributed by atoms with E-state index in [1.807, 2.05) is 25.4 Å². The smallest absolute Gasteiger partial charge is 0.168 e. The zero-order valence-corrected chi connectivity index (χ0v) is 11.2. The van der Waals surface area contributed by atoms with Gasteiger partial charge in [0.05, 0.1) is 0 Å². The van der Waals surface area contributed by atoms with Crippen LogP contribution in [0.4, 0.5) is 0 Å². The van der Waals surface area contributed by atoms with Gasteiger partial charge in [-0.3, -0.25) is 0 Å². The normalized spacial score (nSPS) is 9.80. The summed E-state index contributed by atoms with van der Waals surface area (Å²) in [4.78, 5) is 6.26. The van der Waals surface area contributed by atoms with E-state index >= 15 is 0 Å². The van der Waals surface area contributed by atoms with Gasteiger partial charge >= 0.3 is 0 Å². The van der Waals surface area contributed by atoms with Gasteiger partial charge in [0.15, 0.2) is 5.11 Å². The van der Waals surface area contributed by atoms with Crippen molar-refractivity contribution in [3.05, 3.63) is 28.5 Å². The van der Waals surface area contributed by atoms with Crippen molar-refractivity contribution in [2.45, 2.75) is 13.5 Å². The monoisotopic (exact) mass is 287 g/mol. The second-order valence-electron chi connectivity index (χ2n) is 3.06. The van der Waals surface area contributed by atoms with Gasteiger partial charge in [-0.05, 0) is 46.7 Å². The van der Waals surface area contributed by atoms with E-state index in [0.717, 1.165) is 28.4 Å². The molecule has 0 aromatic carbocycles. The molecule has 15 heavy (non-hydrogen) atoms. The van der Waals surface area contributed by atoms with E-state index in [1.165, 1.54) is 0 Å². The predicted octanol–water partition coefficient (Wildman–Crippen LogP) is 2.17. The van der Waals surface area contributed by atoms with E-state index in [1.54, 1.807) is 0 Å².